The molecule has 1 aliphatic heterocycles. The number of rotatable bonds is 8. The lowest BCUT2D eigenvalue weighted by atomic mass is 10.0. The van der Waals surface area contributed by atoms with Crippen LogP contribution in [0.3, 0.4) is 0 Å². The number of nitrogens with one attached hydrogen (secondary N) is 1. The number of thiophene rings is 1. The molecule has 2 amide bonds. The number of hydrogen-bond acceptors (Lipinski definition) is 7. The highest BCUT2D eigenvalue weighted by molar-refractivity contribution is 7.12. The van der Waals surface area contributed by atoms with Crippen molar-refractivity contribution in [2.75, 3.05) is 13.7 Å². The number of benzene rings is 2. The second-order valence-electron chi connectivity index (χ2n) is 8.56. The Balaban J connectivity index is 1.34. The minimum absolute atomic E-state index is 0.0981. The predicted octanol–water partition coefficient (Wildman–Crippen LogP) is 2.90. The molecule has 0 bridgehead atoms. The highest BCUT2D eigenvalue weighted by atomic mass is 32.1. The second kappa shape index (κ2) is 11.5. The van der Waals surface area contributed by atoms with E-state index in [-0.39, 0.29) is 12.6 Å². The Hall–Kier alpha value is -3.53. The molecule has 0 radical (unpaired) electrons. The molecule has 1 fully saturated rings. The van der Waals surface area contributed by atoms with Gasteiger partial charge in [0.2, 0.25) is 0 Å². The van der Waals surface area contributed by atoms with E-state index in [0.717, 1.165) is 35.1 Å². The van der Waals surface area contributed by atoms with Gasteiger partial charge >= 0.3 is 5.97 Å². The lowest BCUT2D eigenvalue weighted by Gasteiger charge is -2.28. The maximum atomic E-state index is 12.9. The van der Waals surface area contributed by atoms with Crippen LogP contribution in [0, 0.1) is 0 Å². The van der Waals surface area contributed by atoms with Crippen molar-refractivity contribution in [2.24, 2.45) is 0 Å². The first-order chi connectivity index (χ1) is 17.4. The summed E-state index contributed by atoms with van der Waals surface area (Å²) >= 11 is 1.30. The van der Waals surface area contributed by atoms with Gasteiger partial charge in [-0.2, -0.15) is 0 Å². The summed E-state index contributed by atoms with van der Waals surface area (Å²) in [4.78, 5) is 39.4. The Labute approximate surface area is 213 Å². The number of amides is 2. The standard InChI is InChI=1S/C27H28N2O6S/c1-35-27(34)24-20(13-15-36-24)18-11-9-17(10-12-18)16-28-25(32)22(30)23(31)26(33)29-14-5-8-21(29)19-6-3-2-4-7-19/h2-4,6-7,9-13,15,21-23,30-31H,5,8,14,16H2,1H3,(H,28,32)/t21-,22-,23-/m1/s1. The van der Waals surface area contributed by atoms with Gasteiger partial charge in [-0.15, -0.1) is 11.3 Å². The SMILES string of the molecule is COC(=O)c1sccc1-c1ccc(CNC(=O)[C@H](O)[C@@H](O)C(=O)N2CCC[C@@H]2c2ccccc2)cc1. The van der Waals surface area contributed by atoms with Gasteiger partial charge < -0.3 is 25.2 Å². The van der Waals surface area contributed by atoms with Gasteiger partial charge in [0, 0.05) is 18.7 Å². The van der Waals surface area contributed by atoms with E-state index in [1.807, 2.05) is 53.9 Å². The lowest BCUT2D eigenvalue weighted by molar-refractivity contribution is -0.153. The van der Waals surface area contributed by atoms with Crippen molar-refractivity contribution in [1.29, 1.82) is 0 Å². The average Bonchev–Trinajstić information content (AvgIpc) is 3.61. The molecular formula is C27H28N2O6S. The maximum Gasteiger partial charge on any atom is 0.348 e. The van der Waals surface area contributed by atoms with Gasteiger partial charge in [-0.3, -0.25) is 9.59 Å². The van der Waals surface area contributed by atoms with Gasteiger partial charge in [-0.05, 0) is 41.0 Å². The molecule has 0 unspecified atom stereocenters. The van der Waals surface area contributed by atoms with E-state index in [0.29, 0.717) is 11.4 Å². The summed E-state index contributed by atoms with van der Waals surface area (Å²) in [7, 11) is 1.34. The van der Waals surface area contributed by atoms with Gasteiger partial charge in [0.05, 0.1) is 13.2 Å². The fourth-order valence-corrected chi connectivity index (χ4v) is 5.22. The number of esters is 1. The predicted molar refractivity (Wildman–Crippen MR) is 135 cm³/mol. The number of nitrogens with zero attached hydrogens (tertiary/aromatic N) is 1. The molecule has 3 aromatic rings. The highest BCUT2D eigenvalue weighted by Crippen LogP contribution is 2.32. The second-order valence-corrected chi connectivity index (χ2v) is 9.48. The zero-order valence-corrected chi connectivity index (χ0v) is 20.6. The number of carbonyl (C=O) groups excluding carboxylic acids is 3. The van der Waals surface area contributed by atoms with Crippen molar-refractivity contribution in [3.05, 3.63) is 82.0 Å². The van der Waals surface area contributed by atoms with Crippen LogP contribution in [-0.4, -0.2) is 58.8 Å². The molecule has 1 aromatic heterocycles. The lowest BCUT2D eigenvalue weighted by Crippen LogP contribution is -2.50. The van der Waals surface area contributed by atoms with Crippen LogP contribution in [0.4, 0.5) is 0 Å². The topological polar surface area (TPSA) is 116 Å². The molecule has 0 aliphatic carbocycles. The van der Waals surface area contributed by atoms with E-state index in [9.17, 15) is 24.6 Å². The Morgan fingerprint density at radius 2 is 1.78 bits per heavy atom. The van der Waals surface area contributed by atoms with Gasteiger partial charge in [-0.25, -0.2) is 4.79 Å². The van der Waals surface area contributed by atoms with Gasteiger partial charge in [-0.1, -0.05) is 54.6 Å². The Bertz CT molecular complexity index is 1210. The Morgan fingerprint density at radius 1 is 1.06 bits per heavy atom. The van der Waals surface area contributed by atoms with Crippen molar-refractivity contribution >= 4 is 29.1 Å². The van der Waals surface area contributed by atoms with Crippen LogP contribution >= 0.6 is 11.3 Å². The Kier molecular flexibility index (Phi) is 8.14. The molecule has 0 saturated carbocycles. The Morgan fingerprint density at radius 3 is 2.47 bits per heavy atom. The van der Waals surface area contributed by atoms with Gasteiger partial charge in [0.25, 0.3) is 11.8 Å². The number of aliphatic hydroxyl groups is 2. The minimum atomic E-state index is -1.89. The summed E-state index contributed by atoms with van der Waals surface area (Å²) in [6.45, 7) is 0.554. The summed E-state index contributed by atoms with van der Waals surface area (Å²) < 4.78 is 4.82. The van der Waals surface area contributed by atoms with Crippen LogP contribution in [0.15, 0.2) is 66.0 Å². The average molecular weight is 509 g/mol. The zero-order chi connectivity index (χ0) is 25.7. The summed E-state index contributed by atoms with van der Waals surface area (Å²) in [6, 6.07) is 18.4. The number of methoxy groups -OCH3 is 1. The van der Waals surface area contributed by atoms with Crippen LogP contribution in [0.2, 0.25) is 0 Å². The van der Waals surface area contributed by atoms with E-state index in [1.54, 1.807) is 12.1 Å². The third kappa shape index (κ3) is 5.48. The van der Waals surface area contributed by atoms with Crippen LogP contribution in [0.5, 0.6) is 0 Å². The number of carbonyl (C=O) groups is 3. The summed E-state index contributed by atoms with van der Waals surface area (Å²) in [5.41, 5.74) is 3.29. The number of hydrogen-bond donors (Lipinski definition) is 3. The molecule has 9 heteroatoms. The molecule has 1 aliphatic rings. The van der Waals surface area contributed by atoms with E-state index in [4.69, 9.17) is 4.74 Å². The first-order valence-electron chi connectivity index (χ1n) is 11.6. The summed E-state index contributed by atoms with van der Waals surface area (Å²) in [5, 5.41) is 25.2. The van der Waals surface area contributed by atoms with E-state index >= 15 is 0 Å². The van der Waals surface area contributed by atoms with E-state index < -0.39 is 30.0 Å². The van der Waals surface area contributed by atoms with Gasteiger partial charge in [0.15, 0.2) is 12.2 Å². The molecule has 2 aromatic carbocycles. The molecular weight excluding hydrogens is 480 g/mol. The fourth-order valence-electron chi connectivity index (χ4n) is 4.38. The smallest absolute Gasteiger partial charge is 0.348 e. The highest BCUT2D eigenvalue weighted by Gasteiger charge is 2.38. The van der Waals surface area contributed by atoms with Crippen molar-refractivity contribution in [1.82, 2.24) is 10.2 Å². The molecule has 0 spiro atoms. The number of aliphatic hydroxyl groups excluding tert-OH is 2. The van der Waals surface area contributed by atoms with E-state index in [1.165, 1.54) is 23.3 Å². The molecule has 8 nitrogen and oxygen atoms in total. The molecule has 188 valence electrons. The maximum absolute atomic E-state index is 12.9. The van der Waals surface area contributed by atoms with Crippen LogP contribution in [-0.2, 0) is 20.9 Å². The summed E-state index contributed by atoms with van der Waals surface area (Å²) in [6.07, 6.45) is -2.20. The molecule has 1 saturated heterocycles. The first kappa shape index (κ1) is 25.6. The van der Waals surface area contributed by atoms with Crippen LogP contribution < -0.4 is 5.32 Å². The van der Waals surface area contributed by atoms with Crippen molar-refractivity contribution in [3.63, 3.8) is 0 Å². The minimum Gasteiger partial charge on any atom is -0.465 e. The zero-order valence-electron chi connectivity index (χ0n) is 19.8. The third-order valence-corrected chi connectivity index (χ3v) is 7.20. The summed E-state index contributed by atoms with van der Waals surface area (Å²) in [5.74, 6) is -1.89. The quantitative estimate of drug-likeness (QED) is 0.403. The molecule has 2 heterocycles. The normalized spacial score (nSPS) is 16.9. The molecule has 3 atom stereocenters. The first-order valence-corrected chi connectivity index (χ1v) is 12.5. The molecule has 4 rings (SSSR count). The molecule has 3 N–H and O–H groups in total. The van der Waals surface area contributed by atoms with Gasteiger partial charge in [0.1, 0.15) is 4.88 Å². The van der Waals surface area contributed by atoms with Crippen LogP contribution in [0.25, 0.3) is 11.1 Å². The monoisotopic (exact) mass is 508 g/mol. The van der Waals surface area contributed by atoms with E-state index in [2.05, 4.69) is 5.32 Å². The van der Waals surface area contributed by atoms with Crippen LogP contribution in [0.1, 0.15) is 39.7 Å². The van der Waals surface area contributed by atoms with Crippen molar-refractivity contribution in [2.45, 2.75) is 37.6 Å². The molecule has 36 heavy (non-hydrogen) atoms. The largest absolute Gasteiger partial charge is 0.465 e. The number of likely N-dealkylation sites (tertiary alicyclic amines) is 1. The van der Waals surface area contributed by atoms with Crippen molar-refractivity contribution in [3.8, 4) is 11.1 Å². The number of ether oxygens (including phenoxy) is 1. The third-order valence-electron chi connectivity index (χ3n) is 6.31. The fraction of sp³-hybridized carbons (Fsp3) is 0.296. The van der Waals surface area contributed by atoms with Crippen molar-refractivity contribution < 1.29 is 29.3 Å².